The Morgan fingerprint density at radius 3 is 2.68 bits per heavy atom. The van der Waals surface area contributed by atoms with Gasteiger partial charge >= 0.3 is 0 Å². The minimum atomic E-state index is 0.106. The Kier molecular flexibility index (Phi) is 4.83. The molecule has 1 aromatic carbocycles. The van der Waals surface area contributed by atoms with E-state index < -0.39 is 0 Å². The molecule has 0 radical (unpaired) electrons. The molecular weight excluding hydrogens is 252 g/mol. The number of benzene rings is 1. The summed E-state index contributed by atoms with van der Waals surface area (Å²) in [5, 5.41) is 1.17. The van der Waals surface area contributed by atoms with Gasteiger partial charge in [0, 0.05) is 22.9 Å². The summed E-state index contributed by atoms with van der Waals surface area (Å²) in [5.74, 6) is 2.87. The van der Waals surface area contributed by atoms with E-state index in [4.69, 9.17) is 5.73 Å². The molecule has 1 atom stereocenters. The molecule has 2 rings (SSSR count). The van der Waals surface area contributed by atoms with E-state index in [2.05, 4.69) is 43.1 Å². The first-order valence-electron chi connectivity index (χ1n) is 6.77. The smallest absolute Gasteiger partial charge is 0.0705 e. The molecule has 1 aromatic heterocycles. The first kappa shape index (κ1) is 14.4. The second-order valence-electron chi connectivity index (χ2n) is 5.44. The highest BCUT2D eigenvalue weighted by atomic mass is 32.2. The number of hydrogen-bond donors (Lipinski definition) is 1. The van der Waals surface area contributed by atoms with Crippen LogP contribution in [-0.4, -0.2) is 16.5 Å². The maximum absolute atomic E-state index is 6.26. The lowest BCUT2D eigenvalue weighted by atomic mass is 10.1. The number of rotatable bonds is 5. The highest BCUT2D eigenvalue weighted by molar-refractivity contribution is 7.99. The predicted octanol–water partition coefficient (Wildman–Crippen LogP) is 3.93. The zero-order valence-corrected chi connectivity index (χ0v) is 12.7. The number of thioether (sulfide) groups is 1. The molecule has 0 bridgehead atoms. The van der Waals surface area contributed by atoms with Crippen LogP contribution in [0.2, 0.25) is 0 Å². The van der Waals surface area contributed by atoms with Crippen LogP contribution in [0.4, 0.5) is 0 Å². The van der Waals surface area contributed by atoms with Crippen LogP contribution in [0, 0.1) is 12.8 Å². The van der Waals surface area contributed by atoms with Gasteiger partial charge in [0.1, 0.15) is 0 Å². The molecule has 0 aliphatic carbocycles. The van der Waals surface area contributed by atoms with E-state index in [1.807, 2.05) is 24.8 Å². The van der Waals surface area contributed by atoms with Gasteiger partial charge in [0.15, 0.2) is 0 Å². The van der Waals surface area contributed by atoms with Crippen LogP contribution in [0.15, 0.2) is 30.3 Å². The minimum Gasteiger partial charge on any atom is -0.323 e. The fraction of sp³-hybridized carbons (Fsp3) is 0.438. The standard InChI is InChI=1S/C16H22N2S/c1-11(2)9-19-10-15(17)13-6-7-16-14(8-13)5-4-12(3)18-16/h4-8,11,15H,9-10,17H2,1-3H3. The maximum atomic E-state index is 6.26. The zero-order chi connectivity index (χ0) is 13.8. The van der Waals surface area contributed by atoms with Crippen molar-refractivity contribution in [3.8, 4) is 0 Å². The van der Waals surface area contributed by atoms with E-state index in [0.29, 0.717) is 0 Å². The maximum Gasteiger partial charge on any atom is 0.0705 e. The lowest BCUT2D eigenvalue weighted by molar-refractivity contribution is 0.746. The summed E-state index contributed by atoms with van der Waals surface area (Å²) in [6.07, 6.45) is 0. The van der Waals surface area contributed by atoms with Crippen molar-refractivity contribution in [2.45, 2.75) is 26.8 Å². The van der Waals surface area contributed by atoms with E-state index in [-0.39, 0.29) is 6.04 Å². The second kappa shape index (κ2) is 6.40. The summed E-state index contributed by atoms with van der Waals surface area (Å²) < 4.78 is 0. The van der Waals surface area contributed by atoms with Gasteiger partial charge in [0.2, 0.25) is 0 Å². The van der Waals surface area contributed by atoms with Gasteiger partial charge in [0.05, 0.1) is 5.52 Å². The van der Waals surface area contributed by atoms with Crippen LogP contribution in [-0.2, 0) is 0 Å². The Balaban J connectivity index is 2.09. The molecule has 0 aliphatic rings. The summed E-state index contributed by atoms with van der Waals surface area (Å²) in [4.78, 5) is 4.52. The number of aromatic nitrogens is 1. The largest absolute Gasteiger partial charge is 0.323 e. The molecule has 0 aliphatic heterocycles. The van der Waals surface area contributed by atoms with Crippen molar-refractivity contribution < 1.29 is 0 Å². The summed E-state index contributed by atoms with van der Waals surface area (Å²) in [6, 6.07) is 10.6. The van der Waals surface area contributed by atoms with Gasteiger partial charge in [-0.25, -0.2) is 0 Å². The molecule has 19 heavy (non-hydrogen) atoms. The number of hydrogen-bond acceptors (Lipinski definition) is 3. The SMILES string of the molecule is Cc1ccc2cc(C(N)CSCC(C)C)ccc2n1. The molecule has 0 fully saturated rings. The quantitative estimate of drug-likeness (QED) is 0.897. The first-order valence-corrected chi connectivity index (χ1v) is 7.92. The number of pyridine rings is 1. The lowest BCUT2D eigenvalue weighted by Crippen LogP contribution is -2.13. The van der Waals surface area contributed by atoms with Crippen molar-refractivity contribution >= 4 is 22.7 Å². The molecule has 0 spiro atoms. The van der Waals surface area contributed by atoms with Crippen molar-refractivity contribution in [3.05, 3.63) is 41.6 Å². The Hall–Kier alpha value is -1.06. The van der Waals surface area contributed by atoms with Crippen molar-refractivity contribution in [1.29, 1.82) is 0 Å². The van der Waals surface area contributed by atoms with Gasteiger partial charge in [-0.1, -0.05) is 26.0 Å². The highest BCUT2D eigenvalue weighted by Crippen LogP contribution is 2.22. The number of nitrogens with two attached hydrogens (primary N) is 1. The molecule has 0 amide bonds. The Morgan fingerprint density at radius 2 is 1.95 bits per heavy atom. The molecule has 0 saturated heterocycles. The molecule has 1 heterocycles. The molecule has 2 N–H and O–H groups in total. The zero-order valence-electron chi connectivity index (χ0n) is 11.9. The molecule has 2 nitrogen and oxygen atoms in total. The molecule has 2 aromatic rings. The van der Waals surface area contributed by atoms with Gasteiger partial charge in [-0.2, -0.15) is 11.8 Å². The van der Waals surface area contributed by atoms with Gasteiger partial charge in [-0.15, -0.1) is 0 Å². The molecule has 102 valence electrons. The van der Waals surface area contributed by atoms with Crippen molar-refractivity contribution in [2.75, 3.05) is 11.5 Å². The van der Waals surface area contributed by atoms with E-state index in [1.54, 1.807) is 0 Å². The molecule has 0 saturated carbocycles. The van der Waals surface area contributed by atoms with Gasteiger partial charge in [-0.05, 0) is 42.4 Å². The average molecular weight is 274 g/mol. The Morgan fingerprint density at radius 1 is 1.16 bits per heavy atom. The van der Waals surface area contributed by atoms with Gasteiger partial charge in [-0.3, -0.25) is 4.98 Å². The lowest BCUT2D eigenvalue weighted by Gasteiger charge is -2.13. The van der Waals surface area contributed by atoms with E-state index in [0.717, 1.165) is 22.9 Å². The third-order valence-corrected chi connectivity index (χ3v) is 4.53. The van der Waals surface area contributed by atoms with Crippen LogP contribution in [0.25, 0.3) is 10.9 Å². The van der Waals surface area contributed by atoms with E-state index >= 15 is 0 Å². The minimum absolute atomic E-state index is 0.106. The average Bonchev–Trinajstić information content (AvgIpc) is 2.37. The highest BCUT2D eigenvalue weighted by Gasteiger charge is 2.08. The third kappa shape index (κ3) is 3.95. The first-order chi connectivity index (χ1) is 9.06. The van der Waals surface area contributed by atoms with Crippen LogP contribution < -0.4 is 5.73 Å². The summed E-state index contributed by atoms with van der Waals surface area (Å²) in [5.41, 5.74) is 9.56. The summed E-state index contributed by atoms with van der Waals surface area (Å²) in [6.45, 7) is 6.49. The van der Waals surface area contributed by atoms with Gasteiger partial charge < -0.3 is 5.73 Å². The monoisotopic (exact) mass is 274 g/mol. The third-order valence-electron chi connectivity index (χ3n) is 3.03. The van der Waals surface area contributed by atoms with E-state index in [1.165, 1.54) is 16.7 Å². The second-order valence-corrected chi connectivity index (χ2v) is 6.52. The fourth-order valence-corrected chi connectivity index (χ4v) is 3.06. The van der Waals surface area contributed by atoms with Crippen molar-refractivity contribution in [2.24, 2.45) is 11.7 Å². The van der Waals surface area contributed by atoms with Crippen LogP contribution >= 0.6 is 11.8 Å². The molecule has 1 unspecified atom stereocenters. The topological polar surface area (TPSA) is 38.9 Å². The van der Waals surface area contributed by atoms with Crippen LogP contribution in [0.3, 0.4) is 0 Å². The number of nitrogens with zero attached hydrogens (tertiary/aromatic N) is 1. The summed E-state index contributed by atoms with van der Waals surface area (Å²) >= 11 is 1.93. The van der Waals surface area contributed by atoms with Gasteiger partial charge in [0.25, 0.3) is 0 Å². The predicted molar refractivity (Wildman–Crippen MR) is 85.6 cm³/mol. The Labute approximate surface area is 119 Å². The normalized spacial score (nSPS) is 13.1. The molecule has 3 heteroatoms. The Bertz CT molecular complexity index is 551. The molecular formula is C16H22N2S. The van der Waals surface area contributed by atoms with Crippen molar-refractivity contribution in [3.63, 3.8) is 0 Å². The van der Waals surface area contributed by atoms with Crippen LogP contribution in [0.1, 0.15) is 31.1 Å². The fourth-order valence-electron chi connectivity index (χ4n) is 2.00. The van der Waals surface area contributed by atoms with E-state index in [9.17, 15) is 0 Å². The van der Waals surface area contributed by atoms with Crippen LogP contribution in [0.5, 0.6) is 0 Å². The number of fused-ring (bicyclic) bond motifs is 1. The number of aryl methyl sites for hydroxylation is 1. The van der Waals surface area contributed by atoms with Crippen molar-refractivity contribution in [1.82, 2.24) is 4.98 Å². The summed E-state index contributed by atoms with van der Waals surface area (Å²) in [7, 11) is 0.